The van der Waals surface area contributed by atoms with E-state index in [0.717, 1.165) is 71.8 Å². The molecule has 3 N–H and O–H groups in total. The Hall–Kier alpha value is -5.21. The molecule has 1 atom stereocenters. The number of aliphatic carboxylic acids is 1. The van der Waals surface area contributed by atoms with Crippen LogP contribution in [-0.4, -0.2) is 28.5 Å². The summed E-state index contributed by atoms with van der Waals surface area (Å²) in [6.07, 6.45) is 26.6. The average Bonchev–Trinajstić information content (AvgIpc) is 3.91. The third kappa shape index (κ3) is 15.6. The Kier molecular flexibility index (Phi) is 19.3. The minimum atomic E-state index is -0.681. The third-order valence-corrected chi connectivity index (χ3v) is 10.2. The average molecular weight is 760 g/mol. The number of nitrogens with one attached hydrogen (secondary N) is 2. The molecule has 0 radical (unpaired) electrons. The molecule has 0 saturated carbocycles. The zero-order valence-electron chi connectivity index (χ0n) is 32.4. The van der Waals surface area contributed by atoms with Gasteiger partial charge in [0.25, 0.3) is 0 Å². The largest absolute Gasteiger partial charge is 0.481 e. The zero-order valence-corrected chi connectivity index (χ0v) is 33.2. The standard InChI is InChI=1S/C27H23N3O2S.C20H34O2/c31-27(29-15-14-19-6-2-1-3-7-19)26(23-17-33-25-9-5-4-8-22(23)25)30-21-12-10-20(11-13-21)24-16-28-18-32-24;1-3-5-6-13-16-19(4-2)17-14-11-9-7-8-10-12-15-18-20(21)22/h1-13,16-18,26,30H,14-15H2,(H,29,31);9,11,14,16-17H,3-8,10,12-13,15,18H2,1-2H3,(H,21,22)/b;11-9-,17-14+,19-16-. The van der Waals surface area contributed by atoms with Gasteiger partial charge in [-0.3, -0.25) is 9.59 Å². The van der Waals surface area contributed by atoms with Crippen LogP contribution >= 0.6 is 11.3 Å². The Morgan fingerprint density at radius 2 is 1.64 bits per heavy atom. The van der Waals surface area contributed by atoms with E-state index >= 15 is 0 Å². The van der Waals surface area contributed by atoms with Crippen LogP contribution in [-0.2, 0) is 16.0 Å². The number of aromatic nitrogens is 1. The molecule has 290 valence electrons. The SMILES string of the molecule is CCCCC\C=C(/C=C/C=C\CCCCCCC(=O)O)CC.O=C(NCCc1ccccc1)C(Nc1ccc(-c2cnco2)cc1)c1csc2ccccc12. The fraction of sp³-hybridized carbons (Fsp3) is 0.340. The molecule has 7 nitrogen and oxygen atoms in total. The van der Waals surface area contributed by atoms with Crippen molar-refractivity contribution in [1.82, 2.24) is 10.3 Å². The van der Waals surface area contributed by atoms with Crippen molar-refractivity contribution < 1.29 is 19.1 Å². The smallest absolute Gasteiger partial charge is 0.303 e. The lowest BCUT2D eigenvalue weighted by atomic mass is 10.0. The molecule has 1 amide bonds. The first-order chi connectivity index (χ1) is 27.0. The van der Waals surface area contributed by atoms with Gasteiger partial charge in [-0.1, -0.05) is 124 Å². The summed E-state index contributed by atoms with van der Waals surface area (Å²) in [6.45, 7) is 5.02. The molecule has 55 heavy (non-hydrogen) atoms. The molecule has 2 aromatic heterocycles. The topological polar surface area (TPSA) is 104 Å². The minimum Gasteiger partial charge on any atom is -0.481 e. The number of fused-ring (bicyclic) bond motifs is 1. The molecular formula is C47H57N3O4S. The van der Waals surface area contributed by atoms with Gasteiger partial charge < -0.3 is 20.2 Å². The molecule has 8 heteroatoms. The Labute approximate surface area is 331 Å². The summed E-state index contributed by atoms with van der Waals surface area (Å²) in [7, 11) is 0. The fourth-order valence-corrected chi connectivity index (χ4v) is 7.08. The highest BCUT2D eigenvalue weighted by Gasteiger charge is 2.23. The molecule has 5 aromatic rings. The first kappa shape index (κ1) is 42.5. The lowest BCUT2D eigenvalue weighted by Crippen LogP contribution is -2.34. The van der Waals surface area contributed by atoms with E-state index in [2.05, 4.69) is 89.5 Å². The van der Waals surface area contributed by atoms with Crippen LogP contribution in [0.15, 0.2) is 137 Å². The summed E-state index contributed by atoms with van der Waals surface area (Å²) < 4.78 is 6.54. The maximum absolute atomic E-state index is 13.3. The van der Waals surface area contributed by atoms with Gasteiger partial charge >= 0.3 is 5.97 Å². The highest BCUT2D eigenvalue weighted by molar-refractivity contribution is 7.17. The van der Waals surface area contributed by atoms with Gasteiger partial charge in [-0.2, -0.15) is 0 Å². The van der Waals surface area contributed by atoms with Crippen molar-refractivity contribution in [3.63, 3.8) is 0 Å². The second-order valence-electron chi connectivity index (χ2n) is 13.5. The molecule has 2 heterocycles. The molecule has 3 aromatic carbocycles. The zero-order chi connectivity index (χ0) is 38.9. The number of carbonyl (C=O) groups is 2. The third-order valence-electron chi connectivity index (χ3n) is 9.24. The van der Waals surface area contributed by atoms with Crippen LogP contribution < -0.4 is 10.6 Å². The molecule has 0 aliphatic heterocycles. The number of thiophene rings is 1. The van der Waals surface area contributed by atoms with Crippen molar-refractivity contribution in [2.45, 2.75) is 96.9 Å². The van der Waals surface area contributed by atoms with Crippen molar-refractivity contribution in [2.24, 2.45) is 0 Å². The highest BCUT2D eigenvalue weighted by Crippen LogP contribution is 2.33. The lowest BCUT2D eigenvalue weighted by molar-refractivity contribution is -0.137. The van der Waals surface area contributed by atoms with Crippen LogP contribution in [0.4, 0.5) is 5.69 Å². The Balaban J connectivity index is 0.000000269. The van der Waals surface area contributed by atoms with E-state index in [1.165, 1.54) is 43.2 Å². The van der Waals surface area contributed by atoms with Crippen molar-refractivity contribution >= 4 is 39.0 Å². The summed E-state index contributed by atoms with van der Waals surface area (Å²) in [4.78, 5) is 27.7. The monoisotopic (exact) mass is 759 g/mol. The molecule has 0 saturated heterocycles. The van der Waals surface area contributed by atoms with Gasteiger partial charge in [0, 0.05) is 34.5 Å². The molecule has 5 rings (SSSR count). The van der Waals surface area contributed by atoms with E-state index in [0.29, 0.717) is 18.7 Å². The number of hydrogen-bond donors (Lipinski definition) is 3. The lowest BCUT2D eigenvalue weighted by Gasteiger charge is -2.20. The molecule has 0 aliphatic carbocycles. The number of rotatable bonds is 22. The maximum Gasteiger partial charge on any atom is 0.303 e. The van der Waals surface area contributed by atoms with Crippen LogP contribution in [0.1, 0.15) is 102 Å². The second-order valence-corrected chi connectivity index (χ2v) is 14.4. The normalized spacial score (nSPS) is 12.1. The van der Waals surface area contributed by atoms with Gasteiger partial charge in [0.15, 0.2) is 12.2 Å². The summed E-state index contributed by atoms with van der Waals surface area (Å²) in [6, 6.07) is 25.7. The molecule has 0 aliphatic rings. The van der Waals surface area contributed by atoms with Gasteiger partial charge in [0.1, 0.15) is 6.04 Å². The van der Waals surface area contributed by atoms with Crippen LogP contribution in [0.2, 0.25) is 0 Å². The van der Waals surface area contributed by atoms with Gasteiger partial charge in [0.2, 0.25) is 5.91 Å². The number of hydrogen-bond acceptors (Lipinski definition) is 6. The van der Waals surface area contributed by atoms with Crippen LogP contribution in [0, 0.1) is 0 Å². The first-order valence-corrected chi connectivity index (χ1v) is 20.6. The van der Waals surface area contributed by atoms with E-state index in [1.54, 1.807) is 17.5 Å². The number of benzene rings is 3. The summed E-state index contributed by atoms with van der Waals surface area (Å²) >= 11 is 1.65. The van der Waals surface area contributed by atoms with Crippen molar-refractivity contribution in [1.29, 1.82) is 0 Å². The molecular weight excluding hydrogens is 703 g/mol. The number of anilines is 1. The van der Waals surface area contributed by atoms with Gasteiger partial charge in [-0.25, -0.2) is 4.98 Å². The number of unbranched alkanes of at least 4 members (excludes halogenated alkanes) is 7. The number of allylic oxidation sites excluding steroid dienone is 6. The van der Waals surface area contributed by atoms with Crippen LogP contribution in [0.25, 0.3) is 21.4 Å². The van der Waals surface area contributed by atoms with E-state index in [4.69, 9.17) is 9.52 Å². The molecule has 0 fully saturated rings. The second kappa shape index (κ2) is 25.0. The van der Waals surface area contributed by atoms with Crippen LogP contribution in [0.5, 0.6) is 0 Å². The van der Waals surface area contributed by atoms with E-state index in [9.17, 15) is 9.59 Å². The number of amides is 1. The quantitative estimate of drug-likeness (QED) is 0.0479. The highest BCUT2D eigenvalue weighted by atomic mass is 32.1. The van der Waals surface area contributed by atoms with Crippen LogP contribution in [0.3, 0.4) is 0 Å². The Morgan fingerprint density at radius 1 is 0.873 bits per heavy atom. The number of carboxylic acid groups (broad SMARTS) is 1. The van der Waals surface area contributed by atoms with E-state index in [1.807, 2.05) is 54.6 Å². The van der Waals surface area contributed by atoms with E-state index in [-0.39, 0.29) is 5.91 Å². The maximum atomic E-state index is 13.3. The first-order valence-electron chi connectivity index (χ1n) is 19.8. The number of oxazole rings is 1. The molecule has 1 unspecified atom stereocenters. The van der Waals surface area contributed by atoms with Crippen molar-refractivity contribution in [3.05, 3.63) is 144 Å². The predicted molar refractivity (Wildman–Crippen MR) is 229 cm³/mol. The summed E-state index contributed by atoms with van der Waals surface area (Å²) in [5.74, 6) is -0.0195. The molecule has 0 spiro atoms. The minimum absolute atomic E-state index is 0.0474. The molecule has 0 bridgehead atoms. The predicted octanol–water partition coefficient (Wildman–Crippen LogP) is 12.5. The summed E-state index contributed by atoms with van der Waals surface area (Å²) in [5.41, 5.74) is 5.40. The van der Waals surface area contributed by atoms with Gasteiger partial charge in [-0.15, -0.1) is 11.3 Å². The van der Waals surface area contributed by atoms with Crippen molar-refractivity contribution in [3.8, 4) is 11.3 Å². The van der Waals surface area contributed by atoms with E-state index < -0.39 is 12.0 Å². The number of carbonyl (C=O) groups excluding carboxylic acids is 1. The summed E-state index contributed by atoms with van der Waals surface area (Å²) in [5, 5.41) is 18.3. The number of carboxylic acids is 1. The van der Waals surface area contributed by atoms with Crippen molar-refractivity contribution in [2.75, 3.05) is 11.9 Å². The fourth-order valence-electron chi connectivity index (χ4n) is 6.10. The number of nitrogens with zero attached hydrogens (tertiary/aromatic N) is 1. The van der Waals surface area contributed by atoms with Gasteiger partial charge in [0.05, 0.1) is 6.20 Å². The Bertz CT molecular complexity index is 1910. The van der Waals surface area contributed by atoms with Gasteiger partial charge in [-0.05, 0) is 91.6 Å². The Morgan fingerprint density at radius 3 is 2.38 bits per heavy atom.